The molecular formula is C17H11Cl2NO3. The van der Waals surface area contributed by atoms with Crippen molar-refractivity contribution < 1.29 is 9.53 Å². The lowest BCUT2D eigenvalue weighted by molar-refractivity contribution is 0.0466. The Morgan fingerprint density at radius 2 is 1.87 bits per heavy atom. The zero-order valence-electron chi connectivity index (χ0n) is 11.8. The molecule has 0 unspecified atom stereocenters. The first-order valence-electron chi connectivity index (χ1n) is 6.78. The van der Waals surface area contributed by atoms with Gasteiger partial charge in [0.15, 0.2) is 5.43 Å². The Kier molecular flexibility index (Phi) is 4.37. The fourth-order valence-corrected chi connectivity index (χ4v) is 2.56. The average Bonchev–Trinajstić information content (AvgIpc) is 2.56. The van der Waals surface area contributed by atoms with E-state index in [0.29, 0.717) is 26.5 Å². The van der Waals surface area contributed by atoms with Gasteiger partial charge in [0, 0.05) is 22.5 Å². The van der Waals surface area contributed by atoms with Gasteiger partial charge in [0.25, 0.3) is 0 Å². The molecule has 4 nitrogen and oxygen atoms in total. The van der Waals surface area contributed by atoms with Crippen LogP contribution in [0, 0.1) is 0 Å². The number of hydrogen-bond acceptors (Lipinski definition) is 3. The number of halogens is 2. The number of ether oxygens (including phenoxy) is 1. The molecule has 23 heavy (non-hydrogen) atoms. The van der Waals surface area contributed by atoms with Crippen molar-refractivity contribution >= 4 is 40.1 Å². The van der Waals surface area contributed by atoms with Crippen LogP contribution in [-0.4, -0.2) is 11.0 Å². The van der Waals surface area contributed by atoms with Crippen LogP contribution in [0.2, 0.25) is 10.0 Å². The Morgan fingerprint density at radius 1 is 1.09 bits per heavy atom. The first-order valence-corrected chi connectivity index (χ1v) is 7.54. The number of carbonyl (C=O) groups is 1. The van der Waals surface area contributed by atoms with Gasteiger partial charge in [0.1, 0.15) is 12.3 Å². The average molecular weight is 348 g/mol. The Balaban J connectivity index is 1.84. The molecule has 2 aromatic carbocycles. The van der Waals surface area contributed by atoms with E-state index >= 15 is 0 Å². The van der Waals surface area contributed by atoms with Crippen LogP contribution in [0.4, 0.5) is 0 Å². The van der Waals surface area contributed by atoms with Crippen molar-refractivity contribution in [2.24, 2.45) is 0 Å². The fourth-order valence-electron chi connectivity index (χ4n) is 2.19. The summed E-state index contributed by atoms with van der Waals surface area (Å²) >= 11 is 12.0. The Hall–Kier alpha value is -2.30. The van der Waals surface area contributed by atoms with E-state index in [1.807, 2.05) is 0 Å². The van der Waals surface area contributed by atoms with Crippen LogP contribution in [0.3, 0.4) is 0 Å². The minimum Gasteiger partial charge on any atom is -0.456 e. The molecule has 0 aliphatic heterocycles. The van der Waals surface area contributed by atoms with Gasteiger partial charge >= 0.3 is 5.97 Å². The van der Waals surface area contributed by atoms with Crippen molar-refractivity contribution in [1.29, 1.82) is 0 Å². The number of esters is 1. The van der Waals surface area contributed by atoms with Gasteiger partial charge < -0.3 is 9.72 Å². The second-order valence-electron chi connectivity index (χ2n) is 4.88. The number of aromatic amines is 1. The van der Waals surface area contributed by atoms with Crippen molar-refractivity contribution in [1.82, 2.24) is 4.98 Å². The quantitative estimate of drug-likeness (QED) is 0.722. The normalized spacial score (nSPS) is 10.7. The van der Waals surface area contributed by atoms with E-state index in [2.05, 4.69) is 4.98 Å². The van der Waals surface area contributed by atoms with Crippen LogP contribution in [0.1, 0.15) is 16.1 Å². The molecule has 0 bridgehead atoms. The minimum absolute atomic E-state index is 0.0346. The molecule has 0 atom stereocenters. The summed E-state index contributed by atoms with van der Waals surface area (Å²) < 4.78 is 5.20. The van der Waals surface area contributed by atoms with E-state index in [0.717, 1.165) is 0 Å². The highest BCUT2D eigenvalue weighted by Crippen LogP contribution is 2.26. The minimum atomic E-state index is -0.635. The van der Waals surface area contributed by atoms with Crippen LogP contribution < -0.4 is 5.43 Å². The Bertz CT molecular complexity index is 950. The smallest absolute Gasteiger partial charge is 0.355 e. The van der Waals surface area contributed by atoms with E-state index < -0.39 is 5.97 Å². The maximum Gasteiger partial charge on any atom is 0.355 e. The van der Waals surface area contributed by atoms with Crippen molar-refractivity contribution in [3.63, 3.8) is 0 Å². The summed E-state index contributed by atoms with van der Waals surface area (Å²) in [5, 5.41) is 1.25. The number of aromatic nitrogens is 1. The van der Waals surface area contributed by atoms with Gasteiger partial charge in [-0.15, -0.1) is 0 Å². The van der Waals surface area contributed by atoms with Gasteiger partial charge in [0.2, 0.25) is 0 Å². The van der Waals surface area contributed by atoms with Crippen molar-refractivity contribution in [3.8, 4) is 0 Å². The standard InChI is InChI=1S/C17H11Cl2NO3/c18-12-6-3-4-10(16(12)19)9-23-17(22)14-8-15(21)11-5-1-2-7-13(11)20-14/h1-8H,9H2,(H,20,21). The number of para-hydroxylation sites is 1. The Labute approximate surface area is 141 Å². The lowest BCUT2D eigenvalue weighted by Crippen LogP contribution is -2.12. The topological polar surface area (TPSA) is 59.2 Å². The van der Waals surface area contributed by atoms with Crippen LogP contribution in [-0.2, 0) is 11.3 Å². The molecule has 1 aromatic heterocycles. The van der Waals surface area contributed by atoms with Gasteiger partial charge in [-0.2, -0.15) is 0 Å². The number of H-pyrrole nitrogens is 1. The number of benzene rings is 2. The van der Waals surface area contributed by atoms with Crippen LogP contribution in [0.5, 0.6) is 0 Å². The molecule has 0 aliphatic rings. The lowest BCUT2D eigenvalue weighted by Gasteiger charge is -2.08. The van der Waals surface area contributed by atoms with E-state index in [1.165, 1.54) is 6.07 Å². The second-order valence-corrected chi connectivity index (χ2v) is 5.67. The second kappa shape index (κ2) is 6.44. The SMILES string of the molecule is O=C(OCc1cccc(Cl)c1Cl)c1cc(=O)c2ccccc2[nH]1. The van der Waals surface area contributed by atoms with Crippen LogP contribution >= 0.6 is 23.2 Å². The summed E-state index contributed by atoms with van der Waals surface area (Å²) in [7, 11) is 0. The highest BCUT2D eigenvalue weighted by molar-refractivity contribution is 6.42. The lowest BCUT2D eigenvalue weighted by atomic mass is 10.2. The molecule has 0 spiro atoms. The van der Waals surface area contributed by atoms with E-state index in [-0.39, 0.29) is 17.7 Å². The molecule has 1 heterocycles. The van der Waals surface area contributed by atoms with Crippen LogP contribution in [0.15, 0.2) is 53.3 Å². The molecular weight excluding hydrogens is 337 g/mol. The summed E-state index contributed by atoms with van der Waals surface area (Å²) in [6.07, 6.45) is 0. The molecule has 0 radical (unpaired) electrons. The third-order valence-electron chi connectivity index (χ3n) is 3.35. The number of rotatable bonds is 3. The molecule has 0 aliphatic carbocycles. The molecule has 1 N–H and O–H groups in total. The van der Waals surface area contributed by atoms with Crippen LogP contribution in [0.25, 0.3) is 10.9 Å². The number of carbonyl (C=O) groups excluding carboxylic acids is 1. The molecule has 0 fully saturated rings. The van der Waals surface area contributed by atoms with Gasteiger partial charge in [-0.1, -0.05) is 47.5 Å². The summed E-state index contributed by atoms with van der Waals surface area (Å²) in [4.78, 5) is 27.0. The van der Waals surface area contributed by atoms with E-state index in [4.69, 9.17) is 27.9 Å². The Morgan fingerprint density at radius 3 is 2.70 bits per heavy atom. The summed E-state index contributed by atoms with van der Waals surface area (Å²) in [5.74, 6) is -0.635. The van der Waals surface area contributed by atoms with Gasteiger partial charge in [-0.3, -0.25) is 4.79 Å². The van der Waals surface area contributed by atoms with Crippen molar-refractivity contribution in [3.05, 3.63) is 80.1 Å². The number of hydrogen-bond donors (Lipinski definition) is 1. The maximum absolute atomic E-state index is 12.1. The van der Waals surface area contributed by atoms with Gasteiger partial charge in [-0.25, -0.2) is 4.79 Å². The maximum atomic E-state index is 12.1. The molecule has 3 rings (SSSR count). The van der Waals surface area contributed by atoms with Gasteiger partial charge in [0.05, 0.1) is 10.0 Å². The predicted octanol–water partition coefficient (Wildman–Crippen LogP) is 4.19. The van der Waals surface area contributed by atoms with Gasteiger partial charge in [-0.05, 0) is 18.2 Å². The number of pyridine rings is 1. The highest BCUT2D eigenvalue weighted by atomic mass is 35.5. The monoisotopic (exact) mass is 347 g/mol. The first kappa shape index (κ1) is 15.6. The van der Waals surface area contributed by atoms with E-state index in [1.54, 1.807) is 42.5 Å². The molecule has 0 saturated carbocycles. The number of fused-ring (bicyclic) bond motifs is 1. The van der Waals surface area contributed by atoms with E-state index in [9.17, 15) is 9.59 Å². The third kappa shape index (κ3) is 3.23. The molecule has 6 heteroatoms. The number of nitrogens with one attached hydrogen (secondary N) is 1. The summed E-state index contributed by atoms with van der Waals surface area (Å²) in [6, 6.07) is 13.3. The van der Waals surface area contributed by atoms with Crippen molar-refractivity contribution in [2.75, 3.05) is 0 Å². The predicted molar refractivity (Wildman–Crippen MR) is 90.2 cm³/mol. The molecule has 0 amide bonds. The third-order valence-corrected chi connectivity index (χ3v) is 4.21. The molecule has 3 aromatic rings. The molecule has 0 saturated heterocycles. The highest BCUT2D eigenvalue weighted by Gasteiger charge is 2.12. The fraction of sp³-hybridized carbons (Fsp3) is 0.0588. The molecule has 116 valence electrons. The van der Waals surface area contributed by atoms with Crippen molar-refractivity contribution in [2.45, 2.75) is 6.61 Å². The summed E-state index contributed by atoms with van der Waals surface area (Å²) in [6.45, 7) is -0.0346. The zero-order chi connectivity index (χ0) is 16.4. The zero-order valence-corrected chi connectivity index (χ0v) is 13.3. The first-order chi connectivity index (χ1) is 11.1. The largest absolute Gasteiger partial charge is 0.456 e. The summed E-state index contributed by atoms with van der Waals surface area (Å²) in [5.41, 5.74) is 1.02.